The Kier molecular flexibility index (Phi) is 12.0. The largest absolute Gasteiger partial charge is 0.493 e. The lowest BCUT2D eigenvalue weighted by atomic mass is 9.91. The molecule has 3 N–H and O–H groups in total. The number of rotatable bonds is 13. The predicted molar refractivity (Wildman–Crippen MR) is 173 cm³/mol. The summed E-state index contributed by atoms with van der Waals surface area (Å²) in [6, 6.07) is 9.99. The van der Waals surface area contributed by atoms with Crippen molar-refractivity contribution in [3.63, 3.8) is 0 Å². The van der Waals surface area contributed by atoms with Gasteiger partial charge in [-0.2, -0.15) is 0 Å². The van der Waals surface area contributed by atoms with Crippen LogP contribution in [0.4, 0.5) is 10.1 Å². The van der Waals surface area contributed by atoms with Crippen molar-refractivity contribution in [3.05, 3.63) is 64.4 Å². The fraction of sp³-hybridized carbons (Fsp3) is 0.364. The second kappa shape index (κ2) is 16.1. The average molecular weight is 657 g/mol. The van der Waals surface area contributed by atoms with E-state index in [1.807, 2.05) is 0 Å². The highest BCUT2D eigenvalue weighted by atomic mass is 35.5. The topological polar surface area (TPSA) is 127 Å². The van der Waals surface area contributed by atoms with E-state index in [1.54, 1.807) is 12.1 Å². The molecule has 0 saturated carbocycles. The molecule has 0 atom stereocenters. The van der Waals surface area contributed by atoms with Crippen molar-refractivity contribution < 1.29 is 37.7 Å². The van der Waals surface area contributed by atoms with E-state index in [0.29, 0.717) is 12.3 Å². The number of carbonyl (C=O) groups is 3. The van der Waals surface area contributed by atoms with E-state index in [4.69, 9.17) is 30.5 Å². The number of benzene rings is 3. The third-order valence-electron chi connectivity index (χ3n) is 7.53. The van der Waals surface area contributed by atoms with Crippen LogP contribution in [-0.4, -0.2) is 83.8 Å². The van der Waals surface area contributed by atoms with Crippen LogP contribution < -0.4 is 34.9 Å². The Balaban J connectivity index is 1.83. The van der Waals surface area contributed by atoms with Gasteiger partial charge in [-0.25, -0.2) is 4.39 Å². The van der Waals surface area contributed by atoms with Crippen LogP contribution in [0.3, 0.4) is 0 Å². The molecule has 1 fully saturated rings. The minimum Gasteiger partial charge on any atom is -0.493 e. The summed E-state index contributed by atoms with van der Waals surface area (Å²) in [4.78, 5) is 41.9. The van der Waals surface area contributed by atoms with Crippen LogP contribution in [-0.2, 0) is 4.79 Å². The number of piperidine rings is 1. The van der Waals surface area contributed by atoms with Crippen LogP contribution in [0.25, 0.3) is 11.1 Å². The van der Waals surface area contributed by atoms with Gasteiger partial charge in [0.15, 0.2) is 29.6 Å². The molecule has 1 aliphatic heterocycles. The van der Waals surface area contributed by atoms with Crippen molar-refractivity contribution in [2.24, 2.45) is 0 Å². The molecule has 0 unspecified atom stereocenters. The number of nitrogens with one attached hydrogen (secondary N) is 3. The molecule has 11 nitrogen and oxygen atoms in total. The maximum absolute atomic E-state index is 13.6. The first-order chi connectivity index (χ1) is 22.2. The van der Waals surface area contributed by atoms with Gasteiger partial charge in [0.25, 0.3) is 17.7 Å². The molecule has 0 aliphatic carbocycles. The Morgan fingerprint density at radius 2 is 1.39 bits per heavy atom. The van der Waals surface area contributed by atoms with Gasteiger partial charge in [-0.05, 0) is 68.4 Å². The van der Waals surface area contributed by atoms with Gasteiger partial charge >= 0.3 is 0 Å². The van der Waals surface area contributed by atoms with Gasteiger partial charge in [0.1, 0.15) is 12.4 Å². The molecule has 4 rings (SSSR count). The van der Waals surface area contributed by atoms with E-state index in [1.165, 1.54) is 59.0 Å². The maximum atomic E-state index is 13.6. The zero-order valence-electron chi connectivity index (χ0n) is 26.3. The molecular weight excluding hydrogens is 619 g/mol. The SMILES string of the molecule is CNC(=O)c1ccc(OC)c(OCCN2CCCCC2)c1-c1c(C(=O)NC)ccc(OC)c1OCC(=O)Nc1ccc(F)c(Cl)c1. The van der Waals surface area contributed by atoms with Gasteiger partial charge in [-0.15, -0.1) is 0 Å². The Labute approximate surface area is 272 Å². The monoisotopic (exact) mass is 656 g/mol. The smallest absolute Gasteiger partial charge is 0.262 e. The summed E-state index contributed by atoms with van der Waals surface area (Å²) >= 11 is 5.86. The quantitative estimate of drug-likeness (QED) is 0.240. The van der Waals surface area contributed by atoms with Gasteiger partial charge in [0, 0.05) is 37.5 Å². The molecule has 1 aliphatic rings. The minimum atomic E-state index is -0.629. The molecule has 3 amide bonds. The van der Waals surface area contributed by atoms with E-state index in [0.717, 1.165) is 32.0 Å². The van der Waals surface area contributed by atoms with Crippen molar-refractivity contribution in [1.82, 2.24) is 15.5 Å². The summed E-state index contributed by atoms with van der Waals surface area (Å²) in [5.41, 5.74) is 0.927. The van der Waals surface area contributed by atoms with E-state index >= 15 is 0 Å². The van der Waals surface area contributed by atoms with Crippen molar-refractivity contribution in [2.75, 3.05) is 66.5 Å². The van der Waals surface area contributed by atoms with E-state index in [2.05, 4.69) is 20.9 Å². The second-order valence-electron chi connectivity index (χ2n) is 10.4. The van der Waals surface area contributed by atoms with Crippen molar-refractivity contribution in [1.29, 1.82) is 0 Å². The molecule has 0 bridgehead atoms. The fourth-order valence-electron chi connectivity index (χ4n) is 5.25. The van der Waals surface area contributed by atoms with Crippen molar-refractivity contribution in [3.8, 4) is 34.1 Å². The summed E-state index contributed by atoms with van der Waals surface area (Å²) in [6.07, 6.45) is 3.42. The maximum Gasteiger partial charge on any atom is 0.262 e. The zero-order valence-corrected chi connectivity index (χ0v) is 27.0. The summed E-state index contributed by atoms with van der Waals surface area (Å²) < 4.78 is 37.4. The van der Waals surface area contributed by atoms with Gasteiger partial charge in [0.05, 0.1) is 30.4 Å². The third kappa shape index (κ3) is 7.99. The molecular formula is C33H38ClFN4O7. The number of hydrogen-bond acceptors (Lipinski definition) is 8. The van der Waals surface area contributed by atoms with Gasteiger partial charge < -0.3 is 34.9 Å². The highest BCUT2D eigenvalue weighted by molar-refractivity contribution is 6.31. The van der Waals surface area contributed by atoms with Crippen molar-refractivity contribution >= 4 is 35.0 Å². The second-order valence-corrected chi connectivity index (χ2v) is 10.8. The van der Waals surface area contributed by atoms with E-state index in [-0.39, 0.29) is 56.8 Å². The number of halogens is 2. The highest BCUT2D eigenvalue weighted by Gasteiger charge is 2.30. The molecule has 0 spiro atoms. The highest BCUT2D eigenvalue weighted by Crippen LogP contribution is 2.49. The van der Waals surface area contributed by atoms with Gasteiger partial charge in [0.2, 0.25) is 0 Å². The summed E-state index contributed by atoms with van der Waals surface area (Å²) in [5, 5.41) is 7.71. The van der Waals surface area contributed by atoms with Crippen LogP contribution in [0.2, 0.25) is 5.02 Å². The molecule has 3 aromatic rings. The zero-order chi connectivity index (χ0) is 33.2. The Morgan fingerprint density at radius 1 is 0.826 bits per heavy atom. The lowest BCUT2D eigenvalue weighted by Gasteiger charge is -2.27. The minimum absolute atomic E-state index is 0.00942. The molecule has 3 aromatic carbocycles. The van der Waals surface area contributed by atoms with Crippen molar-refractivity contribution in [2.45, 2.75) is 19.3 Å². The van der Waals surface area contributed by atoms with E-state index < -0.39 is 30.1 Å². The molecule has 46 heavy (non-hydrogen) atoms. The van der Waals surface area contributed by atoms with Gasteiger partial charge in [-0.3, -0.25) is 19.3 Å². The predicted octanol–water partition coefficient (Wildman–Crippen LogP) is 4.76. The fourth-order valence-corrected chi connectivity index (χ4v) is 5.43. The first-order valence-corrected chi connectivity index (χ1v) is 15.2. The Morgan fingerprint density at radius 3 is 1.91 bits per heavy atom. The van der Waals surface area contributed by atoms with Crippen LogP contribution >= 0.6 is 11.6 Å². The van der Waals surface area contributed by atoms with Crippen LogP contribution in [0.15, 0.2) is 42.5 Å². The van der Waals surface area contributed by atoms with Crippen LogP contribution in [0, 0.1) is 5.82 Å². The van der Waals surface area contributed by atoms with Crippen LogP contribution in [0.5, 0.6) is 23.0 Å². The molecule has 0 radical (unpaired) electrons. The van der Waals surface area contributed by atoms with Gasteiger partial charge in [-0.1, -0.05) is 18.0 Å². The number of carbonyl (C=O) groups excluding carboxylic acids is 3. The summed E-state index contributed by atoms with van der Waals surface area (Å²) in [7, 11) is 5.85. The number of ether oxygens (including phenoxy) is 4. The molecule has 1 saturated heterocycles. The molecule has 13 heteroatoms. The first-order valence-electron chi connectivity index (χ1n) is 14.8. The Bertz CT molecular complexity index is 1580. The number of anilines is 1. The van der Waals surface area contributed by atoms with E-state index in [9.17, 15) is 18.8 Å². The molecule has 0 aromatic heterocycles. The normalized spacial score (nSPS) is 13.0. The third-order valence-corrected chi connectivity index (χ3v) is 7.82. The number of likely N-dealkylation sites (tertiary alicyclic amines) is 1. The standard InChI is InChI=1S/C33H38ClFN4O7/c1-36-32(41)21-9-12-25(43-3)30(45-17-16-39-14-6-5-7-15-39)28(21)29-22(33(42)37-2)10-13-26(44-4)31(29)46-19-27(40)38-20-8-11-24(35)23(34)18-20/h8-13,18H,5-7,14-17,19H2,1-4H3,(H,36,41)(H,37,42)(H,38,40). The average Bonchev–Trinajstić information content (AvgIpc) is 3.08. The number of nitrogens with zero attached hydrogens (tertiary/aromatic N) is 1. The number of hydrogen-bond donors (Lipinski definition) is 3. The first kappa shape index (κ1) is 34.3. The summed E-state index contributed by atoms with van der Waals surface area (Å²) in [6.45, 7) is 2.31. The lowest BCUT2D eigenvalue weighted by molar-refractivity contribution is -0.118. The summed E-state index contributed by atoms with van der Waals surface area (Å²) in [5.74, 6) is -1.44. The molecule has 1 heterocycles. The van der Waals surface area contributed by atoms with Crippen LogP contribution in [0.1, 0.15) is 40.0 Å². The number of amides is 3. The lowest BCUT2D eigenvalue weighted by Crippen LogP contribution is -2.33. The molecule has 246 valence electrons. The number of methoxy groups -OCH3 is 2. The Hall–Kier alpha value is -4.55.